The van der Waals surface area contributed by atoms with Crippen LogP contribution in [0, 0.1) is 0 Å². The topological polar surface area (TPSA) is 63.6 Å². The van der Waals surface area contributed by atoms with Gasteiger partial charge in [-0.05, 0) is 17.7 Å². The van der Waals surface area contributed by atoms with Crippen molar-refractivity contribution in [3.63, 3.8) is 0 Å². The van der Waals surface area contributed by atoms with Crippen molar-refractivity contribution in [2.45, 2.75) is 6.54 Å². The zero-order chi connectivity index (χ0) is 12.5. The lowest BCUT2D eigenvalue weighted by atomic mass is 10.2. The van der Waals surface area contributed by atoms with Crippen molar-refractivity contribution >= 4 is 27.0 Å². The van der Waals surface area contributed by atoms with Gasteiger partial charge in [-0.3, -0.25) is 4.79 Å². The molecular formula is C12H9BrN4O. The summed E-state index contributed by atoms with van der Waals surface area (Å²) in [5, 5.41) is 4.71. The molecule has 1 N–H and O–H groups in total. The summed E-state index contributed by atoms with van der Waals surface area (Å²) in [5.74, 6) is 0. The van der Waals surface area contributed by atoms with Crippen LogP contribution in [0.4, 0.5) is 0 Å². The Bertz CT molecular complexity index is 745. The smallest absolute Gasteiger partial charge is 0.261 e. The van der Waals surface area contributed by atoms with E-state index >= 15 is 0 Å². The lowest BCUT2D eigenvalue weighted by Gasteiger charge is -2.03. The van der Waals surface area contributed by atoms with Crippen molar-refractivity contribution in [2.75, 3.05) is 0 Å². The van der Waals surface area contributed by atoms with Gasteiger partial charge in [0, 0.05) is 4.47 Å². The maximum Gasteiger partial charge on any atom is 0.261 e. The third-order valence-corrected chi connectivity index (χ3v) is 3.21. The highest BCUT2D eigenvalue weighted by Gasteiger charge is 2.07. The molecule has 0 bridgehead atoms. The molecular weight excluding hydrogens is 296 g/mol. The Kier molecular flexibility index (Phi) is 2.71. The number of aromatic nitrogens is 4. The summed E-state index contributed by atoms with van der Waals surface area (Å²) >= 11 is 3.39. The Morgan fingerprint density at radius 1 is 1.28 bits per heavy atom. The molecule has 0 amide bonds. The summed E-state index contributed by atoms with van der Waals surface area (Å²) in [6.07, 6.45) is 2.93. The lowest BCUT2D eigenvalue weighted by Crippen LogP contribution is -2.07. The minimum atomic E-state index is -0.165. The minimum Gasteiger partial charge on any atom is -0.312 e. The Morgan fingerprint density at radius 3 is 2.83 bits per heavy atom. The van der Waals surface area contributed by atoms with Gasteiger partial charge >= 0.3 is 0 Å². The van der Waals surface area contributed by atoms with Gasteiger partial charge in [0.05, 0.1) is 19.1 Å². The van der Waals surface area contributed by atoms with Crippen LogP contribution in [-0.4, -0.2) is 19.7 Å². The number of fused-ring (bicyclic) bond motifs is 1. The number of benzene rings is 1. The molecule has 0 radical (unpaired) electrons. The van der Waals surface area contributed by atoms with Crippen LogP contribution < -0.4 is 5.56 Å². The van der Waals surface area contributed by atoms with Crippen molar-refractivity contribution in [1.29, 1.82) is 0 Å². The van der Waals surface area contributed by atoms with Crippen LogP contribution >= 0.6 is 15.9 Å². The number of hydrogen-bond acceptors (Lipinski definition) is 3. The van der Waals surface area contributed by atoms with E-state index in [1.54, 1.807) is 10.9 Å². The number of rotatable bonds is 2. The second-order valence-electron chi connectivity index (χ2n) is 3.90. The molecule has 0 atom stereocenters. The molecule has 3 aromatic rings. The second-order valence-corrected chi connectivity index (χ2v) is 4.81. The highest BCUT2D eigenvalue weighted by atomic mass is 79.9. The molecule has 2 heterocycles. The van der Waals surface area contributed by atoms with Gasteiger partial charge in [0.15, 0.2) is 5.65 Å². The normalized spacial score (nSPS) is 10.9. The van der Waals surface area contributed by atoms with Crippen molar-refractivity contribution in [3.05, 3.63) is 57.2 Å². The molecule has 90 valence electrons. The molecule has 0 aliphatic rings. The zero-order valence-electron chi connectivity index (χ0n) is 9.30. The summed E-state index contributed by atoms with van der Waals surface area (Å²) < 4.78 is 2.75. The summed E-state index contributed by atoms with van der Waals surface area (Å²) in [6.45, 7) is 0.591. The average Bonchev–Trinajstić information content (AvgIpc) is 2.77. The fraction of sp³-hybridized carbons (Fsp3) is 0.0833. The zero-order valence-corrected chi connectivity index (χ0v) is 10.9. The van der Waals surface area contributed by atoms with E-state index in [0.717, 1.165) is 10.0 Å². The van der Waals surface area contributed by atoms with Gasteiger partial charge in [-0.2, -0.15) is 5.10 Å². The summed E-state index contributed by atoms with van der Waals surface area (Å²) in [7, 11) is 0. The molecule has 0 fully saturated rings. The highest BCUT2D eigenvalue weighted by molar-refractivity contribution is 9.10. The molecule has 0 spiro atoms. The van der Waals surface area contributed by atoms with Crippen LogP contribution in [0.15, 0.2) is 46.1 Å². The largest absolute Gasteiger partial charge is 0.312 e. The minimum absolute atomic E-state index is 0.165. The van der Waals surface area contributed by atoms with E-state index in [4.69, 9.17) is 0 Å². The standard InChI is InChI=1S/C12H9BrN4O/c13-9-3-1-8(2-4-9)6-17-11-10(5-16-17)12(18)15-7-14-11/h1-5,7H,6H2,(H,14,15,18). The van der Waals surface area contributed by atoms with Crippen molar-refractivity contribution < 1.29 is 0 Å². The monoisotopic (exact) mass is 304 g/mol. The van der Waals surface area contributed by atoms with Gasteiger partial charge in [0.1, 0.15) is 5.39 Å². The fourth-order valence-corrected chi connectivity index (χ4v) is 2.05. The van der Waals surface area contributed by atoms with Gasteiger partial charge in [0.2, 0.25) is 0 Å². The second kappa shape index (κ2) is 4.38. The Labute approximate surface area is 111 Å². The SMILES string of the molecule is O=c1[nH]cnc2c1cnn2Cc1ccc(Br)cc1. The Hall–Kier alpha value is -1.95. The van der Waals surface area contributed by atoms with Crippen LogP contribution in [0.1, 0.15) is 5.56 Å². The predicted octanol–water partition coefficient (Wildman–Crippen LogP) is 1.93. The van der Waals surface area contributed by atoms with Crippen molar-refractivity contribution in [3.8, 4) is 0 Å². The highest BCUT2D eigenvalue weighted by Crippen LogP contribution is 2.13. The van der Waals surface area contributed by atoms with E-state index in [2.05, 4.69) is 31.0 Å². The maximum atomic E-state index is 11.5. The summed E-state index contributed by atoms with van der Waals surface area (Å²) in [6, 6.07) is 7.96. The quantitative estimate of drug-likeness (QED) is 0.787. The average molecular weight is 305 g/mol. The van der Waals surface area contributed by atoms with Crippen molar-refractivity contribution in [1.82, 2.24) is 19.7 Å². The molecule has 0 aliphatic carbocycles. The number of nitrogens with zero attached hydrogens (tertiary/aromatic N) is 3. The van der Waals surface area contributed by atoms with E-state index in [0.29, 0.717) is 17.6 Å². The van der Waals surface area contributed by atoms with Gasteiger partial charge < -0.3 is 4.98 Å². The first-order valence-electron chi connectivity index (χ1n) is 5.38. The van der Waals surface area contributed by atoms with E-state index in [1.165, 1.54) is 6.33 Å². The number of nitrogens with one attached hydrogen (secondary N) is 1. The predicted molar refractivity (Wildman–Crippen MR) is 71.4 cm³/mol. The van der Waals surface area contributed by atoms with Crippen LogP contribution in [0.3, 0.4) is 0 Å². The summed E-state index contributed by atoms with van der Waals surface area (Å²) in [5.41, 5.74) is 1.54. The van der Waals surface area contributed by atoms with E-state index in [-0.39, 0.29) is 5.56 Å². The third-order valence-electron chi connectivity index (χ3n) is 2.68. The lowest BCUT2D eigenvalue weighted by molar-refractivity contribution is 0.703. The number of hydrogen-bond donors (Lipinski definition) is 1. The van der Waals surface area contributed by atoms with E-state index in [1.807, 2.05) is 24.3 Å². The van der Waals surface area contributed by atoms with Gasteiger partial charge in [-0.1, -0.05) is 28.1 Å². The van der Waals surface area contributed by atoms with Gasteiger partial charge in [-0.15, -0.1) is 0 Å². The molecule has 6 heteroatoms. The molecule has 0 saturated carbocycles. The fourth-order valence-electron chi connectivity index (χ4n) is 1.78. The number of H-pyrrole nitrogens is 1. The molecule has 3 rings (SSSR count). The molecule has 2 aromatic heterocycles. The van der Waals surface area contributed by atoms with Crippen LogP contribution in [0.5, 0.6) is 0 Å². The maximum absolute atomic E-state index is 11.5. The Morgan fingerprint density at radius 2 is 2.06 bits per heavy atom. The van der Waals surface area contributed by atoms with Crippen LogP contribution in [0.2, 0.25) is 0 Å². The van der Waals surface area contributed by atoms with Gasteiger partial charge in [-0.25, -0.2) is 9.67 Å². The van der Waals surface area contributed by atoms with Crippen molar-refractivity contribution in [2.24, 2.45) is 0 Å². The molecule has 18 heavy (non-hydrogen) atoms. The first-order chi connectivity index (χ1) is 8.74. The van der Waals surface area contributed by atoms with Gasteiger partial charge in [0.25, 0.3) is 5.56 Å². The molecule has 5 nitrogen and oxygen atoms in total. The third kappa shape index (κ3) is 1.95. The number of aromatic amines is 1. The Balaban J connectivity index is 2.03. The first kappa shape index (κ1) is 11.2. The van der Waals surface area contributed by atoms with E-state index in [9.17, 15) is 4.79 Å². The summed E-state index contributed by atoms with van der Waals surface area (Å²) in [4.78, 5) is 18.2. The molecule has 0 unspecified atom stereocenters. The molecule has 1 aromatic carbocycles. The number of halogens is 1. The molecule has 0 saturated heterocycles. The first-order valence-corrected chi connectivity index (χ1v) is 6.17. The van der Waals surface area contributed by atoms with E-state index < -0.39 is 0 Å². The molecule has 0 aliphatic heterocycles. The van der Waals surface area contributed by atoms with Crippen LogP contribution in [-0.2, 0) is 6.54 Å². The van der Waals surface area contributed by atoms with Crippen LogP contribution in [0.25, 0.3) is 11.0 Å².